The van der Waals surface area contributed by atoms with E-state index in [0.29, 0.717) is 35.8 Å². The van der Waals surface area contributed by atoms with E-state index in [2.05, 4.69) is 0 Å². The fourth-order valence-electron chi connectivity index (χ4n) is 3.64. The maximum absolute atomic E-state index is 14.5. The van der Waals surface area contributed by atoms with E-state index in [4.69, 9.17) is 21.1 Å². The van der Waals surface area contributed by atoms with Gasteiger partial charge in [-0.25, -0.2) is 4.39 Å². The minimum Gasteiger partial charge on any atom is -0.393 e. The van der Waals surface area contributed by atoms with Crippen LogP contribution in [0.15, 0.2) is 24.3 Å². The van der Waals surface area contributed by atoms with Gasteiger partial charge in [0.15, 0.2) is 5.79 Å². The third-order valence-electron chi connectivity index (χ3n) is 4.64. The van der Waals surface area contributed by atoms with Gasteiger partial charge < -0.3 is 14.6 Å². The second-order valence-corrected chi connectivity index (χ2v) is 8.35. The SMILES string of the molecule is CC1CC(O)C[C@@]2(OCc3cc(F)c(Cc4ccc(Cl)s4)cc32)O1. The van der Waals surface area contributed by atoms with E-state index in [-0.39, 0.29) is 11.9 Å². The molecule has 24 heavy (non-hydrogen) atoms. The monoisotopic (exact) mass is 368 g/mol. The van der Waals surface area contributed by atoms with Crippen molar-refractivity contribution in [1.82, 2.24) is 0 Å². The molecule has 3 nitrogen and oxygen atoms in total. The normalized spacial score (nSPS) is 29.2. The molecule has 1 spiro atoms. The van der Waals surface area contributed by atoms with Crippen molar-refractivity contribution in [3.8, 4) is 0 Å². The first-order chi connectivity index (χ1) is 11.4. The van der Waals surface area contributed by atoms with Crippen LogP contribution in [-0.4, -0.2) is 17.3 Å². The zero-order chi connectivity index (χ0) is 16.9. The first-order valence-electron chi connectivity index (χ1n) is 8.01. The Morgan fingerprint density at radius 2 is 2.25 bits per heavy atom. The molecule has 6 heteroatoms. The molecule has 0 amide bonds. The molecule has 3 atom stereocenters. The Kier molecular flexibility index (Phi) is 4.17. The molecule has 1 saturated heterocycles. The van der Waals surface area contributed by atoms with E-state index < -0.39 is 11.9 Å². The van der Waals surface area contributed by atoms with Crippen molar-refractivity contribution >= 4 is 22.9 Å². The molecular weight excluding hydrogens is 351 g/mol. The summed E-state index contributed by atoms with van der Waals surface area (Å²) in [6.07, 6.45) is 0.848. The number of rotatable bonds is 2. The van der Waals surface area contributed by atoms with Gasteiger partial charge in [0.25, 0.3) is 0 Å². The first kappa shape index (κ1) is 16.5. The molecule has 0 bridgehead atoms. The Balaban J connectivity index is 1.71. The number of thiophene rings is 1. The first-order valence-corrected chi connectivity index (χ1v) is 9.20. The van der Waals surface area contributed by atoms with Gasteiger partial charge in [-0.3, -0.25) is 0 Å². The average molecular weight is 369 g/mol. The molecule has 0 radical (unpaired) electrons. The van der Waals surface area contributed by atoms with Crippen molar-refractivity contribution in [1.29, 1.82) is 0 Å². The van der Waals surface area contributed by atoms with Gasteiger partial charge in [-0.2, -0.15) is 0 Å². The molecular formula is C18H18ClFO3S. The standard InChI is InChI=1S/C18H18ClFO3S/c1-10-4-13(21)8-18(23-10)15-6-11(5-14-2-3-17(19)24-14)16(20)7-12(15)9-22-18/h2-3,6-7,10,13,21H,4-5,8-9H2,1H3/t10?,13?,18-/m1/s1. The smallest absolute Gasteiger partial charge is 0.198 e. The van der Waals surface area contributed by atoms with Crippen molar-refractivity contribution in [3.63, 3.8) is 0 Å². The summed E-state index contributed by atoms with van der Waals surface area (Å²) in [5, 5.41) is 10.1. The summed E-state index contributed by atoms with van der Waals surface area (Å²) in [4.78, 5) is 1.00. The number of benzene rings is 1. The Labute approximate surface area is 149 Å². The van der Waals surface area contributed by atoms with E-state index >= 15 is 0 Å². The van der Waals surface area contributed by atoms with Gasteiger partial charge in [0, 0.05) is 23.3 Å². The van der Waals surface area contributed by atoms with Gasteiger partial charge in [-0.05, 0) is 48.7 Å². The van der Waals surface area contributed by atoms with Crippen molar-refractivity contribution < 1.29 is 19.0 Å². The zero-order valence-electron chi connectivity index (χ0n) is 13.2. The molecule has 4 rings (SSSR count). The topological polar surface area (TPSA) is 38.7 Å². The Hall–Kier alpha value is -0.980. The maximum atomic E-state index is 14.5. The van der Waals surface area contributed by atoms with Crippen LogP contribution in [0, 0.1) is 5.82 Å². The van der Waals surface area contributed by atoms with Gasteiger partial charge in [0.2, 0.25) is 0 Å². The summed E-state index contributed by atoms with van der Waals surface area (Å²) in [5.41, 5.74) is 2.22. The molecule has 2 aliphatic heterocycles. The molecule has 2 aliphatic rings. The highest BCUT2D eigenvalue weighted by atomic mass is 35.5. The molecule has 128 valence electrons. The van der Waals surface area contributed by atoms with Crippen LogP contribution in [0.5, 0.6) is 0 Å². The van der Waals surface area contributed by atoms with E-state index in [0.717, 1.165) is 16.0 Å². The molecule has 1 aromatic heterocycles. The van der Waals surface area contributed by atoms with Crippen LogP contribution in [0.25, 0.3) is 0 Å². The maximum Gasteiger partial charge on any atom is 0.198 e. The van der Waals surface area contributed by atoms with Crippen LogP contribution < -0.4 is 0 Å². The van der Waals surface area contributed by atoms with Gasteiger partial charge in [0.05, 0.1) is 23.2 Å². The number of hydrogen-bond donors (Lipinski definition) is 1. The van der Waals surface area contributed by atoms with Crippen LogP contribution in [0.2, 0.25) is 4.34 Å². The second kappa shape index (κ2) is 6.07. The lowest BCUT2D eigenvalue weighted by atomic mass is 9.90. The number of ether oxygens (including phenoxy) is 2. The Morgan fingerprint density at radius 3 is 2.96 bits per heavy atom. The van der Waals surface area contributed by atoms with E-state index in [1.54, 1.807) is 0 Å². The van der Waals surface area contributed by atoms with Crippen LogP contribution >= 0.6 is 22.9 Å². The van der Waals surface area contributed by atoms with E-state index in [9.17, 15) is 9.50 Å². The van der Waals surface area contributed by atoms with Gasteiger partial charge >= 0.3 is 0 Å². The van der Waals surface area contributed by atoms with Crippen LogP contribution in [0.3, 0.4) is 0 Å². The zero-order valence-corrected chi connectivity index (χ0v) is 14.8. The molecule has 2 unspecified atom stereocenters. The van der Waals surface area contributed by atoms with Crippen LogP contribution in [-0.2, 0) is 28.3 Å². The molecule has 0 aliphatic carbocycles. The summed E-state index contributed by atoms with van der Waals surface area (Å²) in [6.45, 7) is 2.22. The van der Waals surface area contributed by atoms with E-state index in [1.807, 2.05) is 25.1 Å². The fraction of sp³-hybridized carbons (Fsp3) is 0.444. The van der Waals surface area contributed by atoms with Gasteiger partial charge in [0.1, 0.15) is 5.82 Å². The fourth-order valence-corrected chi connectivity index (χ4v) is 4.75. The highest BCUT2D eigenvalue weighted by molar-refractivity contribution is 7.16. The minimum atomic E-state index is -0.956. The molecule has 1 aromatic carbocycles. The molecule has 3 heterocycles. The summed E-state index contributed by atoms with van der Waals surface area (Å²) >= 11 is 7.41. The van der Waals surface area contributed by atoms with Crippen molar-refractivity contribution in [2.24, 2.45) is 0 Å². The quantitative estimate of drug-likeness (QED) is 0.855. The molecule has 1 fully saturated rings. The lowest BCUT2D eigenvalue weighted by Crippen LogP contribution is -2.43. The second-order valence-electron chi connectivity index (χ2n) is 6.55. The summed E-state index contributed by atoms with van der Waals surface area (Å²) in [7, 11) is 0. The summed E-state index contributed by atoms with van der Waals surface area (Å²) < 4.78 is 27.1. The molecule has 0 saturated carbocycles. The van der Waals surface area contributed by atoms with Gasteiger partial charge in [-0.1, -0.05) is 11.6 Å². The van der Waals surface area contributed by atoms with Crippen molar-refractivity contribution in [3.05, 3.63) is 56.0 Å². The minimum absolute atomic E-state index is 0.107. The third kappa shape index (κ3) is 2.89. The predicted octanol–water partition coefficient (Wildman–Crippen LogP) is 4.37. The number of fused-ring (bicyclic) bond motifs is 2. The lowest BCUT2D eigenvalue weighted by Gasteiger charge is -2.39. The summed E-state index contributed by atoms with van der Waals surface area (Å²) in [6, 6.07) is 7.09. The Morgan fingerprint density at radius 1 is 1.42 bits per heavy atom. The largest absolute Gasteiger partial charge is 0.393 e. The third-order valence-corrected chi connectivity index (χ3v) is 5.87. The highest BCUT2D eigenvalue weighted by Crippen LogP contribution is 2.46. The van der Waals surface area contributed by atoms with Crippen molar-refractivity contribution in [2.45, 2.75) is 50.8 Å². The van der Waals surface area contributed by atoms with E-state index in [1.165, 1.54) is 17.4 Å². The average Bonchev–Trinajstić information content (AvgIpc) is 3.04. The lowest BCUT2D eigenvalue weighted by molar-refractivity contribution is -0.295. The predicted molar refractivity (Wildman–Crippen MR) is 90.8 cm³/mol. The van der Waals surface area contributed by atoms with Crippen LogP contribution in [0.4, 0.5) is 4.39 Å². The number of halogens is 2. The molecule has 1 N–H and O–H groups in total. The molecule has 2 aromatic rings. The Bertz CT molecular complexity index is 766. The summed E-state index contributed by atoms with van der Waals surface area (Å²) in [5.74, 6) is -1.20. The number of hydrogen-bond acceptors (Lipinski definition) is 4. The van der Waals surface area contributed by atoms with Gasteiger partial charge in [-0.15, -0.1) is 11.3 Å². The number of aliphatic hydroxyl groups excluding tert-OH is 1. The number of aliphatic hydroxyl groups is 1. The van der Waals surface area contributed by atoms with Crippen molar-refractivity contribution in [2.75, 3.05) is 0 Å². The highest BCUT2D eigenvalue weighted by Gasteiger charge is 2.47. The van der Waals surface area contributed by atoms with Crippen LogP contribution in [0.1, 0.15) is 41.3 Å².